The Morgan fingerprint density at radius 2 is 1.97 bits per heavy atom. The maximum Gasteiger partial charge on any atom is 0.258 e. The van der Waals surface area contributed by atoms with Gasteiger partial charge < -0.3 is 19.5 Å². The zero-order valence-corrected chi connectivity index (χ0v) is 17.7. The SMILES string of the molecule is COc1ccc(-c2noc(-c3cccc(NC(=O)C4CC(=O)N(C(C)C)C4)c3)n2)cc1. The Morgan fingerprint density at radius 3 is 2.65 bits per heavy atom. The second-order valence-corrected chi connectivity index (χ2v) is 7.76. The molecule has 1 atom stereocenters. The third kappa shape index (κ3) is 4.42. The van der Waals surface area contributed by atoms with Crippen LogP contribution < -0.4 is 10.1 Å². The highest BCUT2D eigenvalue weighted by Crippen LogP contribution is 2.27. The van der Waals surface area contributed by atoms with Crippen LogP contribution >= 0.6 is 0 Å². The lowest BCUT2D eigenvalue weighted by Crippen LogP contribution is -2.33. The van der Waals surface area contributed by atoms with Crippen LogP contribution in [-0.4, -0.2) is 46.6 Å². The van der Waals surface area contributed by atoms with Gasteiger partial charge in [0.1, 0.15) is 5.75 Å². The molecule has 0 aliphatic carbocycles. The van der Waals surface area contributed by atoms with Crippen molar-refractivity contribution in [2.75, 3.05) is 19.0 Å². The van der Waals surface area contributed by atoms with E-state index in [4.69, 9.17) is 9.26 Å². The van der Waals surface area contributed by atoms with Gasteiger partial charge in [0.15, 0.2) is 0 Å². The minimum atomic E-state index is -0.358. The van der Waals surface area contributed by atoms with E-state index in [2.05, 4.69) is 15.5 Å². The van der Waals surface area contributed by atoms with E-state index in [1.54, 1.807) is 24.1 Å². The fourth-order valence-electron chi connectivity index (χ4n) is 3.58. The number of anilines is 1. The minimum absolute atomic E-state index is 0.0146. The molecule has 1 aromatic heterocycles. The highest BCUT2D eigenvalue weighted by Gasteiger charge is 2.35. The molecule has 2 heterocycles. The van der Waals surface area contributed by atoms with E-state index >= 15 is 0 Å². The summed E-state index contributed by atoms with van der Waals surface area (Å²) in [5, 5.41) is 6.95. The second-order valence-electron chi connectivity index (χ2n) is 7.76. The number of ether oxygens (including phenoxy) is 1. The van der Waals surface area contributed by atoms with Crippen LogP contribution in [0, 0.1) is 5.92 Å². The van der Waals surface area contributed by atoms with Gasteiger partial charge in [-0.2, -0.15) is 4.98 Å². The number of nitrogens with one attached hydrogen (secondary N) is 1. The first kappa shape index (κ1) is 20.6. The molecule has 1 fully saturated rings. The van der Waals surface area contributed by atoms with Crippen LogP contribution in [0.2, 0.25) is 0 Å². The summed E-state index contributed by atoms with van der Waals surface area (Å²) in [6, 6.07) is 14.7. The smallest absolute Gasteiger partial charge is 0.258 e. The molecule has 31 heavy (non-hydrogen) atoms. The van der Waals surface area contributed by atoms with Crippen molar-refractivity contribution in [3.8, 4) is 28.6 Å². The summed E-state index contributed by atoms with van der Waals surface area (Å²) in [5.41, 5.74) is 2.11. The maximum atomic E-state index is 12.7. The van der Waals surface area contributed by atoms with Crippen molar-refractivity contribution in [1.82, 2.24) is 15.0 Å². The van der Waals surface area contributed by atoms with Crippen molar-refractivity contribution in [3.63, 3.8) is 0 Å². The van der Waals surface area contributed by atoms with Crippen LogP contribution in [0.15, 0.2) is 53.1 Å². The number of hydrogen-bond acceptors (Lipinski definition) is 6. The molecule has 0 radical (unpaired) electrons. The lowest BCUT2D eigenvalue weighted by atomic mass is 10.1. The van der Waals surface area contributed by atoms with E-state index < -0.39 is 0 Å². The molecule has 1 aliphatic heterocycles. The summed E-state index contributed by atoms with van der Waals surface area (Å²) in [4.78, 5) is 31.0. The van der Waals surface area contributed by atoms with Crippen molar-refractivity contribution < 1.29 is 18.8 Å². The maximum absolute atomic E-state index is 12.7. The number of carbonyl (C=O) groups is 2. The molecule has 1 unspecified atom stereocenters. The Labute approximate surface area is 180 Å². The van der Waals surface area contributed by atoms with Crippen molar-refractivity contribution >= 4 is 17.5 Å². The Kier molecular flexibility index (Phi) is 5.70. The van der Waals surface area contributed by atoms with Crippen LogP contribution in [0.1, 0.15) is 20.3 Å². The average Bonchev–Trinajstić information content (AvgIpc) is 3.41. The van der Waals surface area contributed by atoms with Crippen molar-refractivity contribution in [2.24, 2.45) is 5.92 Å². The first-order valence-electron chi connectivity index (χ1n) is 10.1. The number of benzene rings is 2. The van der Waals surface area contributed by atoms with E-state index in [9.17, 15) is 9.59 Å². The quantitative estimate of drug-likeness (QED) is 0.654. The number of nitrogens with zero attached hydrogens (tertiary/aromatic N) is 3. The topological polar surface area (TPSA) is 97.6 Å². The molecule has 8 nitrogen and oxygen atoms in total. The summed E-state index contributed by atoms with van der Waals surface area (Å²) in [6.07, 6.45) is 0.235. The third-order valence-corrected chi connectivity index (χ3v) is 5.30. The molecule has 8 heteroatoms. The van der Waals surface area contributed by atoms with E-state index in [1.807, 2.05) is 50.2 Å². The number of carbonyl (C=O) groups excluding carboxylic acids is 2. The lowest BCUT2D eigenvalue weighted by Gasteiger charge is -2.20. The highest BCUT2D eigenvalue weighted by molar-refractivity contribution is 5.97. The van der Waals surface area contributed by atoms with Gasteiger partial charge in [0.25, 0.3) is 5.89 Å². The van der Waals surface area contributed by atoms with Crippen LogP contribution in [-0.2, 0) is 9.59 Å². The zero-order chi connectivity index (χ0) is 22.0. The molecule has 2 aromatic carbocycles. The summed E-state index contributed by atoms with van der Waals surface area (Å²) in [5.74, 6) is 1.05. The normalized spacial score (nSPS) is 16.1. The highest BCUT2D eigenvalue weighted by atomic mass is 16.5. The van der Waals surface area contributed by atoms with Gasteiger partial charge in [-0.15, -0.1) is 0 Å². The van der Waals surface area contributed by atoms with Crippen molar-refractivity contribution in [1.29, 1.82) is 0 Å². The Balaban J connectivity index is 1.47. The Morgan fingerprint density at radius 1 is 1.19 bits per heavy atom. The molecule has 2 amide bonds. The van der Waals surface area contributed by atoms with Crippen molar-refractivity contribution in [2.45, 2.75) is 26.3 Å². The second kappa shape index (κ2) is 8.59. The molecule has 1 N–H and O–H groups in total. The molecular formula is C23H24N4O4. The number of methoxy groups -OCH3 is 1. The fourth-order valence-corrected chi connectivity index (χ4v) is 3.58. The standard InChI is InChI=1S/C23H24N4O4/c1-14(2)27-13-17(12-20(27)28)22(29)24-18-6-4-5-16(11-18)23-25-21(26-31-23)15-7-9-19(30-3)10-8-15/h4-11,14,17H,12-13H2,1-3H3,(H,24,29). The summed E-state index contributed by atoms with van der Waals surface area (Å²) in [6.45, 7) is 4.34. The predicted molar refractivity (Wildman–Crippen MR) is 115 cm³/mol. The van der Waals surface area contributed by atoms with E-state index in [-0.39, 0.29) is 30.2 Å². The van der Waals surface area contributed by atoms with Gasteiger partial charge in [0.05, 0.1) is 13.0 Å². The number of aromatic nitrogens is 2. The van der Waals surface area contributed by atoms with Crippen LogP contribution in [0.3, 0.4) is 0 Å². The van der Waals surface area contributed by atoms with Crippen LogP contribution in [0.4, 0.5) is 5.69 Å². The monoisotopic (exact) mass is 420 g/mol. The van der Waals surface area contributed by atoms with E-state index in [0.29, 0.717) is 29.5 Å². The molecule has 3 aromatic rings. The molecule has 1 saturated heterocycles. The third-order valence-electron chi connectivity index (χ3n) is 5.30. The van der Waals surface area contributed by atoms with Gasteiger partial charge in [0, 0.05) is 35.8 Å². The first-order valence-corrected chi connectivity index (χ1v) is 10.1. The molecule has 0 spiro atoms. The molecule has 160 valence electrons. The molecular weight excluding hydrogens is 396 g/mol. The fraction of sp³-hybridized carbons (Fsp3) is 0.304. The first-order chi connectivity index (χ1) is 14.9. The van der Waals surface area contributed by atoms with E-state index in [1.165, 1.54) is 0 Å². The predicted octanol–water partition coefficient (Wildman–Crippen LogP) is 3.61. The summed E-state index contributed by atoms with van der Waals surface area (Å²) in [7, 11) is 1.61. The summed E-state index contributed by atoms with van der Waals surface area (Å²) >= 11 is 0. The van der Waals surface area contributed by atoms with Crippen molar-refractivity contribution in [3.05, 3.63) is 48.5 Å². The van der Waals surface area contributed by atoms with Gasteiger partial charge in [-0.25, -0.2) is 0 Å². The van der Waals surface area contributed by atoms with Crippen LogP contribution in [0.25, 0.3) is 22.8 Å². The number of likely N-dealkylation sites (tertiary alicyclic amines) is 1. The zero-order valence-electron chi connectivity index (χ0n) is 17.7. The molecule has 1 aliphatic rings. The van der Waals surface area contributed by atoms with Gasteiger partial charge in [-0.05, 0) is 56.3 Å². The number of rotatable bonds is 6. The van der Waals surface area contributed by atoms with Gasteiger partial charge in [-0.1, -0.05) is 11.2 Å². The Bertz CT molecular complexity index is 1090. The number of amides is 2. The number of hydrogen-bond donors (Lipinski definition) is 1. The van der Waals surface area contributed by atoms with E-state index in [0.717, 1.165) is 11.3 Å². The van der Waals surface area contributed by atoms with Crippen LogP contribution in [0.5, 0.6) is 5.75 Å². The molecule has 0 saturated carbocycles. The molecule has 0 bridgehead atoms. The largest absolute Gasteiger partial charge is 0.497 e. The molecule has 4 rings (SSSR count). The minimum Gasteiger partial charge on any atom is -0.497 e. The van der Waals surface area contributed by atoms with Gasteiger partial charge in [-0.3, -0.25) is 9.59 Å². The average molecular weight is 420 g/mol. The lowest BCUT2D eigenvalue weighted by molar-refractivity contribution is -0.129. The Hall–Kier alpha value is -3.68. The summed E-state index contributed by atoms with van der Waals surface area (Å²) < 4.78 is 10.6. The van der Waals surface area contributed by atoms with Gasteiger partial charge >= 0.3 is 0 Å². The van der Waals surface area contributed by atoms with Gasteiger partial charge in [0.2, 0.25) is 17.6 Å².